The largest absolute Gasteiger partial charge is 0.381 e. The van der Waals surface area contributed by atoms with Gasteiger partial charge < -0.3 is 4.74 Å². The Kier molecular flexibility index (Phi) is 5.90. The van der Waals surface area contributed by atoms with Crippen LogP contribution in [-0.4, -0.2) is 39.8 Å². The maximum absolute atomic E-state index is 14.9. The minimum absolute atomic E-state index is 0.0161. The number of aliphatic imine (C=N–C) groups is 1. The summed E-state index contributed by atoms with van der Waals surface area (Å²) < 4.78 is 5.74. The summed E-state index contributed by atoms with van der Waals surface area (Å²) in [7, 11) is 1.79. The lowest BCUT2D eigenvalue weighted by Gasteiger charge is -2.45. The van der Waals surface area contributed by atoms with E-state index in [9.17, 15) is 4.79 Å². The zero-order chi connectivity index (χ0) is 27.5. The molecule has 6 heteroatoms. The maximum atomic E-state index is 14.9. The lowest BCUT2D eigenvalue weighted by Crippen LogP contribution is -2.51. The van der Waals surface area contributed by atoms with E-state index < -0.39 is 5.54 Å². The van der Waals surface area contributed by atoms with Crippen LogP contribution in [0.4, 0.5) is 0 Å². The van der Waals surface area contributed by atoms with Crippen LogP contribution in [0, 0.1) is 23.2 Å². The third-order valence-electron chi connectivity index (χ3n) is 9.30. The molecule has 40 heavy (non-hydrogen) atoms. The molecule has 2 heterocycles. The second kappa shape index (κ2) is 9.38. The van der Waals surface area contributed by atoms with Gasteiger partial charge in [0.15, 0.2) is 5.54 Å². The van der Waals surface area contributed by atoms with E-state index in [0.717, 1.165) is 65.5 Å². The molecule has 1 unspecified atom stereocenters. The van der Waals surface area contributed by atoms with E-state index >= 15 is 0 Å². The second-order valence-electron chi connectivity index (χ2n) is 12.0. The Balaban J connectivity index is 1.34. The topological polar surface area (TPSA) is 67.7 Å². The van der Waals surface area contributed by atoms with E-state index in [1.54, 1.807) is 13.3 Å². The molecule has 3 aromatic rings. The lowest BCUT2D eigenvalue weighted by atomic mass is 9.61. The number of benzene rings is 2. The van der Waals surface area contributed by atoms with Gasteiger partial charge in [-0.3, -0.25) is 14.7 Å². The standard InChI is InChI=1S/C34H34N4O2/c1-22(2)31-37-34(32(39)38(31)21-26-20-35-29-6-4-5-7-30(29)36-26)28-18-24(11-10-23-8-9-23)12-13-25(28)19-33(34)16-14-27(40-3)15-17-33/h4-7,12-13,18,20,23,27H,1,8-9,14-17,19,21H2,2-3H3. The highest BCUT2D eigenvalue weighted by molar-refractivity contribution is 6.15. The summed E-state index contributed by atoms with van der Waals surface area (Å²) >= 11 is 0. The fourth-order valence-corrected chi connectivity index (χ4v) is 7.04. The van der Waals surface area contributed by atoms with Gasteiger partial charge in [-0.2, -0.15) is 0 Å². The van der Waals surface area contributed by atoms with Crippen LogP contribution in [0.2, 0.25) is 0 Å². The number of ether oxygens (including phenoxy) is 1. The third-order valence-corrected chi connectivity index (χ3v) is 9.30. The smallest absolute Gasteiger partial charge is 0.261 e. The molecule has 6 nitrogen and oxygen atoms in total. The van der Waals surface area contributed by atoms with Gasteiger partial charge in [0.1, 0.15) is 5.84 Å². The Bertz CT molecular complexity index is 1630. The Morgan fingerprint density at radius 1 is 1.12 bits per heavy atom. The normalized spacial score (nSPS) is 27.1. The Labute approximate surface area is 235 Å². The molecule has 1 aliphatic heterocycles. The lowest BCUT2D eigenvalue weighted by molar-refractivity contribution is -0.138. The molecule has 3 aliphatic carbocycles. The highest BCUT2D eigenvalue weighted by Crippen LogP contribution is 2.62. The van der Waals surface area contributed by atoms with Crippen LogP contribution >= 0.6 is 0 Å². The minimum Gasteiger partial charge on any atom is -0.381 e. The molecule has 202 valence electrons. The van der Waals surface area contributed by atoms with Crippen molar-refractivity contribution in [3.8, 4) is 11.8 Å². The molecule has 1 amide bonds. The fourth-order valence-electron chi connectivity index (χ4n) is 7.04. The number of hydrogen-bond donors (Lipinski definition) is 0. The van der Waals surface area contributed by atoms with E-state index in [-0.39, 0.29) is 17.4 Å². The monoisotopic (exact) mass is 530 g/mol. The number of carbonyl (C=O) groups is 1. The quantitative estimate of drug-likeness (QED) is 0.404. The van der Waals surface area contributed by atoms with E-state index in [1.165, 1.54) is 18.4 Å². The van der Waals surface area contributed by atoms with E-state index in [0.29, 0.717) is 18.3 Å². The van der Waals surface area contributed by atoms with Gasteiger partial charge in [-0.05, 0) is 92.8 Å². The molecule has 0 bridgehead atoms. The summed E-state index contributed by atoms with van der Waals surface area (Å²) in [5.41, 5.74) is 5.03. The first-order valence-corrected chi connectivity index (χ1v) is 14.4. The number of fused-ring (bicyclic) bond motifs is 4. The molecule has 7 rings (SSSR count). The third kappa shape index (κ3) is 3.90. The minimum atomic E-state index is -1.00. The number of nitrogens with zero attached hydrogens (tertiary/aromatic N) is 4. The summed E-state index contributed by atoms with van der Waals surface area (Å²) in [6.45, 7) is 6.49. The van der Waals surface area contributed by atoms with E-state index in [1.807, 2.05) is 36.1 Å². The summed E-state index contributed by atoms with van der Waals surface area (Å²) in [6, 6.07) is 14.3. The van der Waals surface area contributed by atoms with Crippen LogP contribution in [0.15, 0.2) is 65.8 Å². The number of carbonyl (C=O) groups excluding carboxylic acids is 1. The van der Waals surface area contributed by atoms with Gasteiger partial charge in [0.25, 0.3) is 5.91 Å². The fraction of sp³-hybridized carbons (Fsp3) is 0.412. The van der Waals surface area contributed by atoms with Crippen molar-refractivity contribution in [2.24, 2.45) is 16.3 Å². The molecule has 2 aromatic carbocycles. The van der Waals surface area contributed by atoms with Crippen LogP contribution in [0.5, 0.6) is 0 Å². The van der Waals surface area contributed by atoms with Crippen molar-refractivity contribution in [3.63, 3.8) is 0 Å². The number of methoxy groups -OCH3 is 1. The van der Waals surface area contributed by atoms with Gasteiger partial charge in [0, 0.05) is 24.0 Å². The van der Waals surface area contributed by atoms with Crippen molar-refractivity contribution >= 4 is 22.8 Å². The number of hydrogen-bond acceptors (Lipinski definition) is 5. The number of aromatic nitrogens is 2. The summed E-state index contributed by atoms with van der Waals surface area (Å²) in [5, 5.41) is 0. The van der Waals surface area contributed by atoms with Crippen LogP contribution in [0.1, 0.15) is 67.8 Å². The number of rotatable bonds is 4. The van der Waals surface area contributed by atoms with Gasteiger partial charge in [0.2, 0.25) is 0 Å². The molecular formula is C34H34N4O2. The van der Waals surface area contributed by atoms with Gasteiger partial charge in [-0.25, -0.2) is 9.98 Å². The zero-order valence-corrected chi connectivity index (χ0v) is 23.2. The predicted molar refractivity (Wildman–Crippen MR) is 155 cm³/mol. The van der Waals surface area contributed by atoms with E-state index in [2.05, 4.69) is 41.6 Å². The molecule has 0 N–H and O–H groups in total. The number of amidine groups is 1. The average Bonchev–Trinajstić information content (AvgIpc) is 3.71. The number of para-hydroxylation sites is 2. The average molecular weight is 531 g/mol. The Hall–Kier alpha value is -3.82. The van der Waals surface area contributed by atoms with Crippen LogP contribution in [0.3, 0.4) is 0 Å². The van der Waals surface area contributed by atoms with Crippen molar-refractivity contribution in [2.75, 3.05) is 7.11 Å². The molecule has 1 aromatic heterocycles. The SMILES string of the molecule is C=C(C)C1=NC2(C(=O)N1Cc1cnc3ccccc3n1)c1cc(C#CC3CC3)ccc1CC21CCC(OC)CC1. The van der Waals surface area contributed by atoms with Crippen molar-refractivity contribution in [1.82, 2.24) is 14.9 Å². The van der Waals surface area contributed by atoms with Crippen molar-refractivity contribution in [3.05, 3.63) is 83.2 Å². The first-order chi connectivity index (χ1) is 19.4. The van der Waals surface area contributed by atoms with Gasteiger partial charge in [-0.15, -0.1) is 0 Å². The zero-order valence-electron chi connectivity index (χ0n) is 23.2. The summed E-state index contributed by atoms with van der Waals surface area (Å²) in [5.74, 6) is 7.96. The van der Waals surface area contributed by atoms with Crippen molar-refractivity contribution in [2.45, 2.75) is 70.1 Å². The second-order valence-corrected chi connectivity index (χ2v) is 12.0. The Morgan fingerprint density at radius 2 is 1.90 bits per heavy atom. The molecule has 1 atom stereocenters. The molecular weight excluding hydrogens is 496 g/mol. The van der Waals surface area contributed by atoms with E-state index in [4.69, 9.17) is 14.7 Å². The molecule has 0 radical (unpaired) electrons. The van der Waals surface area contributed by atoms with Gasteiger partial charge in [0.05, 0.1) is 35.6 Å². The predicted octanol–water partition coefficient (Wildman–Crippen LogP) is 5.74. The highest BCUT2D eigenvalue weighted by Gasteiger charge is 2.66. The molecule has 0 saturated heterocycles. The first kappa shape index (κ1) is 25.2. The summed E-state index contributed by atoms with van der Waals surface area (Å²) in [4.78, 5) is 31.6. The molecule has 2 saturated carbocycles. The van der Waals surface area contributed by atoms with Gasteiger partial charge in [-0.1, -0.05) is 36.6 Å². The summed E-state index contributed by atoms with van der Waals surface area (Å²) in [6.07, 6.45) is 8.78. The van der Waals surface area contributed by atoms with Crippen LogP contribution in [0.25, 0.3) is 11.0 Å². The first-order valence-electron chi connectivity index (χ1n) is 14.4. The molecule has 4 aliphatic rings. The molecule has 2 fully saturated rings. The Morgan fingerprint density at radius 3 is 2.62 bits per heavy atom. The van der Waals surface area contributed by atoms with Crippen LogP contribution in [-0.2, 0) is 28.0 Å². The number of amides is 1. The van der Waals surface area contributed by atoms with Crippen molar-refractivity contribution < 1.29 is 9.53 Å². The highest BCUT2D eigenvalue weighted by atomic mass is 16.5. The van der Waals surface area contributed by atoms with Crippen LogP contribution < -0.4 is 0 Å². The molecule has 2 spiro atoms. The van der Waals surface area contributed by atoms with Crippen molar-refractivity contribution in [1.29, 1.82) is 0 Å². The maximum Gasteiger partial charge on any atom is 0.261 e. The van der Waals surface area contributed by atoms with Gasteiger partial charge >= 0.3 is 0 Å².